The second-order valence-corrected chi connectivity index (χ2v) is 5.14. The quantitative estimate of drug-likeness (QED) is 0.599. The van der Waals surface area contributed by atoms with Gasteiger partial charge in [-0.15, -0.1) is 0 Å². The van der Waals surface area contributed by atoms with Gasteiger partial charge in [0.25, 0.3) is 0 Å². The highest BCUT2D eigenvalue weighted by Crippen LogP contribution is 2.28. The van der Waals surface area contributed by atoms with Crippen molar-refractivity contribution < 1.29 is 4.74 Å². The van der Waals surface area contributed by atoms with Gasteiger partial charge in [-0.2, -0.15) is 0 Å². The van der Waals surface area contributed by atoms with Crippen LogP contribution in [0.2, 0.25) is 0 Å². The molecule has 0 spiro atoms. The lowest BCUT2D eigenvalue weighted by Gasteiger charge is -2.21. The summed E-state index contributed by atoms with van der Waals surface area (Å²) in [6.07, 6.45) is 6.14. The first-order valence-electron chi connectivity index (χ1n) is 6.21. The van der Waals surface area contributed by atoms with E-state index in [-0.39, 0.29) is 0 Å². The third kappa shape index (κ3) is 3.65. The van der Waals surface area contributed by atoms with Crippen LogP contribution in [-0.4, -0.2) is 36.8 Å². The molecule has 0 amide bonds. The third-order valence-corrected chi connectivity index (χ3v) is 3.32. The Morgan fingerprint density at radius 2 is 2.39 bits per heavy atom. The zero-order valence-electron chi connectivity index (χ0n) is 10.6. The number of rotatable bonds is 7. The van der Waals surface area contributed by atoms with Crippen LogP contribution in [-0.2, 0) is 4.74 Å². The van der Waals surface area contributed by atoms with Crippen LogP contribution in [0.15, 0.2) is 18.5 Å². The molecule has 1 aliphatic carbocycles. The van der Waals surface area contributed by atoms with E-state index >= 15 is 0 Å². The molecule has 4 nitrogen and oxygen atoms in total. The standard InChI is InChI=1S/C13H19N3OS/c1-16(6-7-17-9-10-2-3-10)12-8-15-5-4-11(12)13(14)18/h4-5,8,10H,2-3,6-7,9H2,1H3,(H2,14,18). The number of nitrogens with two attached hydrogens (primary N) is 1. The predicted octanol–water partition coefficient (Wildman–Crippen LogP) is 1.58. The molecule has 0 aliphatic heterocycles. The minimum atomic E-state index is 0.401. The Hall–Kier alpha value is -1.20. The Balaban J connectivity index is 1.86. The minimum Gasteiger partial charge on any atom is -0.389 e. The number of nitrogens with zero attached hydrogens (tertiary/aromatic N) is 2. The van der Waals surface area contributed by atoms with Crippen LogP contribution in [0, 0.1) is 5.92 Å². The van der Waals surface area contributed by atoms with Crippen LogP contribution >= 0.6 is 12.2 Å². The molecule has 0 unspecified atom stereocenters. The van der Waals surface area contributed by atoms with E-state index in [4.69, 9.17) is 22.7 Å². The van der Waals surface area contributed by atoms with E-state index < -0.39 is 0 Å². The molecule has 1 aromatic heterocycles. The van der Waals surface area contributed by atoms with Gasteiger partial charge in [0, 0.05) is 32.0 Å². The second kappa shape index (κ2) is 6.11. The molecule has 1 heterocycles. The number of thiocarbonyl (C=S) groups is 1. The molecular weight excluding hydrogens is 246 g/mol. The van der Waals surface area contributed by atoms with E-state index in [1.54, 1.807) is 12.4 Å². The van der Waals surface area contributed by atoms with Gasteiger partial charge < -0.3 is 15.4 Å². The average molecular weight is 265 g/mol. The summed E-state index contributed by atoms with van der Waals surface area (Å²) in [5, 5.41) is 0. The van der Waals surface area contributed by atoms with Crippen molar-refractivity contribution in [2.45, 2.75) is 12.8 Å². The Kier molecular flexibility index (Phi) is 4.49. The summed E-state index contributed by atoms with van der Waals surface area (Å²) >= 11 is 5.04. The van der Waals surface area contributed by atoms with Crippen molar-refractivity contribution in [2.75, 3.05) is 31.7 Å². The minimum absolute atomic E-state index is 0.401. The molecule has 1 saturated carbocycles. The molecule has 2 rings (SSSR count). The average Bonchev–Trinajstić information content (AvgIpc) is 3.18. The second-order valence-electron chi connectivity index (χ2n) is 4.70. The van der Waals surface area contributed by atoms with E-state index in [1.807, 2.05) is 13.1 Å². The summed E-state index contributed by atoms with van der Waals surface area (Å²) in [6.45, 7) is 2.43. The normalized spacial score (nSPS) is 14.5. The van der Waals surface area contributed by atoms with Crippen LogP contribution < -0.4 is 10.6 Å². The summed E-state index contributed by atoms with van der Waals surface area (Å²) < 4.78 is 5.62. The zero-order valence-corrected chi connectivity index (χ0v) is 11.4. The van der Waals surface area contributed by atoms with E-state index in [0.717, 1.165) is 36.9 Å². The molecule has 0 atom stereocenters. The number of aromatic nitrogens is 1. The first kappa shape index (κ1) is 13.2. The fourth-order valence-electron chi connectivity index (χ4n) is 1.76. The van der Waals surface area contributed by atoms with Gasteiger partial charge in [-0.3, -0.25) is 4.98 Å². The van der Waals surface area contributed by atoms with Crippen molar-refractivity contribution in [3.05, 3.63) is 24.0 Å². The van der Waals surface area contributed by atoms with Crippen LogP contribution in [0.5, 0.6) is 0 Å². The van der Waals surface area contributed by atoms with E-state index in [2.05, 4.69) is 9.88 Å². The fraction of sp³-hybridized carbons (Fsp3) is 0.538. The van der Waals surface area contributed by atoms with E-state index in [1.165, 1.54) is 12.8 Å². The maximum atomic E-state index is 5.70. The molecule has 2 N–H and O–H groups in total. The molecule has 0 bridgehead atoms. The van der Waals surface area contributed by atoms with Gasteiger partial charge in [-0.25, -0.2) is 0 Å². The lowest BCUT2D eigenvalue weighted by Crippen LogP contribution is -2.26. The molecule has 18 heavy (non-hydrogen) atoms. The maximum Gasteiger partial charge on any atom is 0.106 e. The van der Waals surface area contributed by atoms with Gasteiger partial charge in [-0.05, 0) is 24.8 Å². The van der Waals surface area contributed by atoms with Crippen LogP contribution in [0.25, 0.3) is 0 Å². The number of ether oxygens (including phenoxy) is 1. The van der Waals surface area contributed by atoms with Crippen molar-refractivity contribution in [3.63, 3.8) is 0 Å². The smallest absolute Gasteiger partial charge is 0.106 e. The highest BCUT2D eigenvalue weighted by Gasteiger charge is 2.21. The fourth-order valence-corrected chi connectivity index (χ4v) is 1.93. The summed E-state index contributed by atoms with van der Waals surface area (Å²) in [7, 11) is 2.00. The number of likely N-dealkylation sites (N-methyl/N-ethyl adjacent to an activating group) is 1. The summed E-state index contributed by atoms with van der Waals surface area (Å²) in [5.41, 5.74) is 7.52. The third-order valence-electron chi connectivity index (χ3n) is 3.10. The first-order valence-corrected chi connectivity index (χ1v) is 6.62. The number of hydrogen-bond acceptors (Lipinski definition) is 4. The first-order chi connectivity index (χ1) is 8.68. The number of hydrogen-bond donors (Lipinski definition) is 1. The number of anilines is 1. The highest BCUT2D eigenvalue weighted by atomic mass is 32.1. The SMILES string of the molecule is CN(CCOCC1CC1)c1cnccc1C(N)=S. The Morgan fingerprint density at radius 3 is 3.06 bits per heavy atom. The van der Waals surface area contributed by atoms with Crippen LogP contribution in [0.3, 0.4) is 0 Å². The molecule has 0 saturated heterocycles. The Bertz CT molecular complexity index is 420. The van der Waals surface area contributed by atoms with Gasteiger partial charge >= 0.3 is 0 Å². The molecular formula is C13H19N3OS. The lowest BCUT2D eigenvalue weighted by atomic mass is 10.2. The van der Waals surface area contributed by atoms with Crippen molar-refractivity contribution >= 4 is 22.9 Å². The van der Waals surface area contributed by atoms with Crippen molar-refractivity contribution in [1.29, 1.82) is 0 Å². The summed E-state index contributed by atoms with van der Waals surface area (Å²) in [6, 6.07) is 1.85. The van der Waals surface area contributed by atoms with Crippen molar-refractivity contribution in [3.8, 4) is 0 Å². The molecule has 5 heteroatoms. The largest absolute Gasteiger partial charge is 0.389 e. The summed E-state index contributed by atoms with van der Waals surface area (Å²) in [5.74, 6) is 0.806. The Labute approximate surface area is 113 Å². The van der Waals surface area contributed by atoms with Crippen LogP contribution in [0.1, 0.15) is 18.4 Å². The van der Waals surface area contributed by atoms with Crippen LogP contribution in [0.4, 0.5) is 5.69 Å². The van der Waals surface area contributed by atoms with Gasteiger partial charge in [0.1, 0.15) is 4.99 Å². The summed E-state index contributed by atoms with van der Waals surface area (Å²) in [4.78, 5) is 6.60. The molecule has 0 radical (unpaired) electrons. The molecule has 1 fully saturated rings. The molecule has 1 aromatic rings. The molecule has 98 valence electrons. The maximum absolute atomic E-state index is 5.70. The highest BCUT2D eigenvalue weighted by molar-refractivity contribution is 7.80. The van der Waals surface area contributed by atoms with Crippen molar-refractivity contribution in [2.24, 2.45) is 11.7 Å². The number of pyridine rings is 1. The lowest BCUT2D eigenvalue weighted by molar-refractivity contribution is 0.131. The molecule has 1 aliphatic rings. The van der Waals surface area contributed by atoms with E-state index in [9.17, 15) is 0 Å². The van der Waals surface area contributed by atoms with Gasteiger partial charge in [0.05, 0.1) is 18.5 Å². The van der Waals surface area contributed by atoms with Gasteiger partial charge in [0.15, 0.2) is 0 Å². The van der Waals surface area contributed by atoms with Gasteiger partial charge in [0.2, 0.25) is 0 Å². The van der Waals surface area contributed by atoms with Crippen molar-refractivity contribution in [1.82, 2.24) is 4.98 Å². The zero-order chi connectivity index (χ0) is 13.0. The predicted molar refractivity (Wildman–Crippen MR) is 76.9 cm³/mol. The van der Waals surface area contributed by atoms with Gasteiger partial charge in [-0.1, -0.05) is 12.2 Å². The van der Waals surface area contributed by atoms with E-state index in [0.29, 0.717) is 4.99 Å². The topological polar surface area (TPSA) is 51.4 Å². The monoisotopic (exact) mass is 265 g/mol. The Morgan fingerprint density at radius 1 is 1.61 bits per heavy atom. The molecule has 0 aromatic carbocycles.